The zero-order chi connectivity index (χ0) is 22.8. The third kappa shape index (κ3) is 5.07. The lowest BCUT2D eigenvalue weighted by Gasteiger charge is -2.08. The normalized spacial score (nSPS) is 11.3. The van der Waals surface area contributed by atoms with E-state index in [0.29, 0.717) is 21.3 Å². The third-order valence-corrected chi connectivity index (χ3v) is 7.53. The highest BCUT2D eigenvalue weighted by Crippen LogP contribution is 2.32. The number of carbonyl (C=O) groups excluding carboxylic acids is 1. The molecule has 8 heteroatoms. The van der Waals surface area contributed by atoms with Crippen LogP contribution in [0.5, 0.6) is 0 Å². The summed E-state index contributed by atoms with van der Waals surface area (Å²) in [6, 6.07) is 14.2. The van der Waals surface area contributed by atoms with E-state index < -0.39 is 0 Å². The maximum absolute atomic E-state index is 12.8. The van der Waals surface area contributed by atoms with Gasteiger partial charge in [0.05, 0.1) is 11.1 Å². The minimum Gasteiger partial charge on any atom is -0.325 e. The van der Waals surface area contributed by atoms with E-state index in [-0.39, 0.29) is 17.2 Å². The first kappa shape index (κ1) is 23.0. The van der Waals surface area contributed by atoms with Gasteiger partial charge in [0.25, 0.3) is 5.56 Å². The van der Waals surface area contributed by atoms with Crippen molar-refractivity contribution in [3.63, 3.8) is 0 Å². The van der Waals surface area contributed by atoms with Crippen LogP contribution in [0.15, 0.2) is 57.8 Å². The van der Waals surface area contributed by atoms with Crippen molar-refractivity contribution in [1.29, 1.82) is 0 Å². The predicted molar refractivity (Wildman–Crippen MR) is 143 cm³/mol. The molecule has 0 saturated heterocycles. The molecule has 0 spiro atoms. The first-order valence-electron chi connectivity index (χ1n) is 10.1. The summed E-state index contributed by atoms with van der Waals surface area (Å²) in [5.74, 6) is 0.480. The van der Waals surface area contributed by atoms with Crippen LogP contribution in [0.2, 0.25) is 0 Å². The van der Waals surface area contributed by atoms with Crippen LogP contribution in [0.25, 0.3) is 21.3 Å². The number of hydrogen-bond donors (Lipinski definition) is 2. The van der Waals surface area contributed by atoms with Gasteiger partial charge in [-0.3, -0.25) is 9.59 Å². The molecule has 0 aliphatic carbocycles. The number of fused-ring (bicyclic) bond motifs is 1. The van der Waals surface area contributed by atoms with Crippen molar-refractivity contribution in [2.24, 2.45) is 0 Å². The van der Waals surface area contributed by atoms with Crippen molar-refractivity contribution >= 4 is 67.5 Å². The van der Waals surface area contributed by atoms with Crippen LogP contribution in [0.3, 0.4) is 0 Å². The van der Waals surface area contributed by atoms with E-state index in [2.05, 4.69) is 76.0 Å². The maximum atomic E-state index is 12.8. The number of nitrogens with one attached hydrogen (secondary N) is 2. The Morgan fingerprint density at radius 1 is 1.22 bits per heavy atom. The smallest absolute Gasteiger partial charge is 0.260 e. The minimum atomic E-state index is -0.185. The topological polar surface area (TPSA) is 74.8 Å². The van der Waals surface area contributed by atoms with Crippen LogP contribution in [0.1, 0.15) is 30.9 Å². The van der Waals surface area contributed by atoms with Gasteiger partial charge in [0.1, 0.15) is 4.83 Å². The van der Waals surface area contributed by atoms with Crippen molar-refractivity contribution in [2.45, 2.75) is 31.8 Å². The van der Waals surface area contributed by atoms with Gasteiger partial charge in [-0.25, -0.2) is 4.98 Å². The molecule has 2 aromatic carbocycles. The van der Waals surface area contributed by atoms with E-state index in [1.807, 2.05) is 30.5 Å². The molecule has 0 radical (unpaired) electrons. The Bertz CT molecular complexity index is 1340. The van der Waals surface area contributed by atoms with Gasteiger partial charge in [-0.1, -0.05) is 49.9 Å². The summed E-state index contributed by atoms with van der Waals surface area (Å²) in [5.41, 5.74) is 4.77. The van der Waals surface area contributed by atoms with E-state index in [1.165, 1.54) is 28.7 Å². The fraction of sp³-hybridized carbons (Fsp3) is 0.208. The average molecular weight is 575 g/mol. The molecule has 2 heterocycles. The van der Waals surface area contributed by atoms with Gasteiger partial charge in [-0.15, -0.1) is 11.3 Å². The number of halogens is 1. The van der Waals surface area contributed by atoms with Gasteiger partial charge >= 0.3 is 0 Å². The highest BCUT2D eigenvalue weighted by atomic mass is 127. The van der Waals surface area contributed by atoms with Gasteiger partial charge in [0.15, 0.2) is 5.16 Å². The molecular weight excluding hydrogens is 553 g/mol. The first-order chi connectivity index (χ1) is 15.3. The number of aromatic nitrogens is 2. The summed E-state index contributed by atoms with van der Waals surface area (Å²) >= 11 is 4.91. The zero-order valence-corrected chi connectivity index (χ0v) is 21.7. The predicted octanol–water partition coefficient (Wildman–Crippen LogP) is 6.42. The lowest BCUT2D eigenvalue weighted by molar-refractivity contribution is -0.113. The number of H-pyrrole nitrogens is 1. The summed E-state index contributed by atoms with van der Waals surface area (Å²) < 4.78 is 1.12. The maximum Gasteiger partial charge on any atom is 0.260 e. The van der Waals surface area contributed by atoms with Crippen molar-refractivity contribution < 1.29 is 4.79 Å². The van der Waals surface area contributed by atoms with Crippen molar-refractivity contribution in [1.82, 2.24) is 9.97 Å². The number of thiophene rings is 1. The van der Waals surface area contributed by atoms with Crippen molar-refractivity contribution in [2.75, 3.05) is 11.1 Å². The second kappa shape index (κ2) is 9.76. The average Bonchev–Trinajstić information content (AvgIpc) is 3.19. The summed E-state index contributed by atoms with van der Waals surface area (Å²) in [4.78, 5) is 33.3. The molecule has 0 saturated carbocycles. The van der Waals surface area contributed by atoms with Gasteiger partial charge in [-0.05, 0) is 70.3 Å². The zero-order valence-electron chi connectivity index (χ0n) is 17.9. The van der Waals surface area contributed by atoms with Crippen LogP contribution in [-0.4, -0.2) is 21.6 Å². The Labute approximate surface area is 208 Å². The fourth-order valence-corrected chi connectivity index (χ4v) is 5.66. The number of anilines is 1. The van der Waals surface area contributed by atoms with E-state index in [9.17, 15) is 9.59 Å². The minimum absolute atomic E-state index is 0.140. The van der Waals surface area contributed by atoms with Crippen molar-refractivity contribution in [3.05, 3.63) is 72.9 Å². The Morgan fingerprint density at radius 3 is 2.66 bits per heavy atom. The monoisotopic (exact) mass is 575 g/mol. The molecule has 4 aromatic rings. The summed E-state index contributed by atoms with van der Waals surface area (Å²) in [6.07, 6.45) is 0. The number of carbonyl (C=O) groups is 1. The number of amides is 1. The summed E-state index contributed by atoms with van der Waals surface area (Å²) in [5, 5.41) is 5.93. The number of thioether (sulfide) groups is 1. The molecule has 5 nitrogen and oxygen atoms in total. The molecule has 32 heavy (non-hydrogen) atoms. The molecule has 0 aliphatic heterocycles. The number of hydrogen-bond acceptors (Lipinski definition) is 5. The molecule has 0 aliphatic rings. The third-order valence-electron chi connectivity index (χ3n) is 5.11. The number of aryl methyl sites for hydroxylation is 1. The van der Waals surface area contributed by atoms with Crippen LogP contribution in [0, 0.1) is 10.5 Å². The van der Waals surface area contributed by atoms with Crippen LogP contribution in [-0.2, 0) is 4.79 Å². The molecule has 2 aromatic heterocycles. The van der Waals surface area contributed by atoms with E-state index in [0.717, 1.165) is 25.9 Å². The molecule has 0 bridgehead atoms. The molecule has 2 N–H and O–H groups in total. The van der Waals surface area contributed by atoms with E-state index >= 15 is 0 Å². The highest BCUT2D eigenvalue weighted by molar-refractivity contribution is 14.1. The number of benzene rings is 2. The van der Waals surface area contributed by atoms with Crippen LogP contribution in [0.4, 0.5) is 5.69 Å². The molecule has 0 fully saturated rings. The Kier molecular flexibility index (Phi) is 7.02. The lowest BCUT2D eigenvalue weighted by atomic mass is 9.99. The largest absolute Gasteiger partial charge is 0.325 e. The molecule has 164 valence electrons. The van der Waals surface area contributed by atoms with Gasteiger partial charge in [0.2, 0.25) is 5.91 Å². The fourth-order valence-electron chi connectivity index (χ4n) is 3.35. The molecule has 1 amide bonds. The summed E-state index contributed by atoms with van der Waals surface area (Å²) in [6.45, 7) is 6.28. The van der Waals surface area contributed by atoms with Gasteiger partial charge in [0, 0.05) is 20.2 Å². The number of rotatable bonds is 6. The number of nitrogens with zero attached hydrogens (tertiary/aromatic N) is 1. The first-order valence-corrected chi connectivity index (χ1v) is 13.1. The molecular formula is C24H22IN3O2S2. The standard InChI is InChI=1S/C24H22IN3O2S2/c1-13(2)15-4-6-16(7-5-15)18-11-31-23-21(18)22(30)27-24(28-23)32-12-20(29)26-19-9-8-17(25)10-14(19)3/h4-11,13H,12H2,1-3H3,(H,26,29)(H,27,28,30). The summed E-state index contributed by atoms with van der Waals surface area (Å²) in [7, 11) is 0. The van der Waals surface area contributed by atoms with Crippen LogP contribution >= 0.6 is 45.7 Å². The van der Waals surface area contributed by atoms with Crippen LogP contribution < -0.4 is 10.9 Å². The quantitative estimate of drug-likeness (QED) is 0.158. The van der Waals surface area contributed by atoms with Crippen molar-refractivity contribution in [3.8, 4) is 11.1 Å². The molecule has 0 unspecified atom stereocenters. The van der Waals surface area contributed by atoms with Gasteiger partial charge in [-0.2, -0.15) is 0 Å². The number of aromatic amines is 1. The second-order valence-electron chi connectivity index (χ2n) is 7.77. The van der Waals surface area contributed by atoms with Gasteiger partial charge < -0.3 is 10.3 Å². The SMILES string of the molecule is Cc1cc(I)ccc1NC(=O)CSc1nc2scc(-c3ccc(C(C)C)cc3)c2c(=O)[nH]1. The Balaban J connectivity index is 1.50. The Hall–Kier alpha value is -2.17. The lowest BCUT2D eigenvalue weighted by Crippen LogP contribution is -2.16. The Morgan fingerprint density at radius 2 is 1.97 bits per heavy atom. The highest BCUT2D eigenvalue weighted by Gasteiger charge is 2.14. The second-order valence-corrected chi connectivity index (χ2v) is 10.8. The molecule has 4 rings (SSSR count). The molecule has 0 atom stereocenters. The van der Waals surface area contributed by atoms with E-state index in [4.69, 9.17) is 0 Å². The van der Waals surface area contributed by atoms with E-state index in [1.54, 1.807) is 0 Å².